The van der Waals surface area contributed by atoms with Gasteiger partial charge in [0.25, 0.3) is 0 Å². The molecule has 9 heteroatoms. The fraction of sp³-hybridized carbons (Fsp3) is 0.160. The number of hydrogen-bond acceptors (Lipinski definition) is 6. The van der Waals surface area contributed by atoms with Gasteiger partial charge in [-0.3, -0.25) is 4.98 Å². The number of pyridine rings is 3. The summed E-state index contributed by atoms with van der Waals surface area (Å²) in [4.78, 5) is 12.3. The van der Waals surface area contributed by atoms with Crippen molar-refractivity contribution in [3.05, 3.63) is 83.8 Å². The minimum absolute atomic E-state index is 0.0810. The number of benzene rings is 1. The van der Waals surface area contributed by atoms with E-state index < -0.39 is 11.7 Å². The maximum absolute atomic E-state index is 13.7. The van der Waals surface area contributed by atoms with E-state index >= 15 is 0 Å². The lowest BCUT2D eigenvalue weighted by molar-refractivity contribution is -0.137. The molecule has 0 spiro atoms. The van der Waals surface area contributed by atoms with Crippen LogP contribution in [0.2, 0.25) is 0 Å². The Morgan fingerprint density at radius 2 is 1.74 bits per heavy atom. The number of hydrogen-bond donors (Lipinski definition) is 1. The number of nitrogens with two attached hydrogens (primary N) is 1. The highest BCUT2D eigenvalue weighted by Gasteiger charge is 2.34. The molecule has 0 bridgehead atoms. The second-order valence-corrected chi connectivity index (χ2v) is 7.56. The first-order valence-corrected chi connectivity index (χ1v) is 10.3. The molecular formula is C25H21F3N4O2. The lowest BCUT2D eigenvalue weighted by Gasteiger charge is -2.15. The molecule has 0 fully saturated rings. The molecule has 0 saturated heterocycles. The first kappa shape index (κ1) is 23.0. The van der Waals surface area contributed by atoms with Crippen LogP contribution in [-0.4, -0.2) is 22.1 Å². The maximum Gasteiger partial charge on any atom is 0.417 e. The highest BCUT2D eigenvalue weighted by molar-refractivity contribution is 5.75. The Balaban J connectivity index is 1.79. The average Bonchev–Trinajstić information content (AvgIpc) is 2.84. The van der Waals surface area contributed by atoms with Crippen LogP contribution in [-0.2, 0) is 12.8 Å². The fourth-order valence-corrected chi connectivity index (χ4v) is 3.45. The van der Waals surface area contributed by atoms with E-state index in [0.29, 0.717) is 16.9 Å². The number of halogens is 3. The van der Waals surface area contributed by atoms with Crippen LogP contribution in [0.15, 0.2) is 67.1 Å². The molecule has 34 heavy (non-hydrogen) atoms. The summed E-state index contributed by atoms with van der Waals surface area (Å²) >= 11 is 0. The zero-order valence-corrected chi connectivity index (χ0v) is 18.4. The van der Waals surface area contributed by atoms with Gasteiger partial charge in [0.1, 0.15) is 18.2 Å². The molecule has 0 aliphatic carbocycles. The molecular weight excluding hydrogens is 445 g/mol. The van der Waals surface area contributed by atoms with Gasteiger partial charge in [0.15, 0.2) is 0 Å². The van der Waals surface area contributed by atoms with Crippen molar-refractivity contribution >= 4 is 5.82 Å². The van der Waals surface area contributed by atoms with Crippen LogP contribution in [0.1, 0.15) is 16.7 Å². The fourth-order valence-electron chi connectivity index (χ4n) is 3.45. The number of nitrogens with zero attached hydrogens (tertiary/aromatic N) is 3. The van der Waals surface area contributed by atoms with Crippen LogP contribution in [0.4, 0.5) is 19.0 Å². The summed E-state index contributed by atoms with van der Waals surface area (Å²) in [6.07, 6.45) is -0.716. The molecule has 6 nitrogen and oxygen atoms in total. The number of rotatable bonds is 6. The van der Waals surface area contributed by atoms with E-state index in [1.165, 1.54) is 0 Å². The largest absolute Gasteiger partial charge is 0.497 e. The number of aryl methyl sites for hydroxylation is 1. The molecule has 0 saturated carbocycles. The second-order valence-electron chi connectivity index (χ2n) is 7.56. The Morgan fingerprint density at radius 1 is 0.971 bits per heavy atom. The summed E-state index contributed by atoms with van der Waals surface area (Å²) in [5.41, 5.74) is 7.92. The van der Waals surface area contributed by atoms with Crippen molar-refractivity contribution < 1.29 is 22.6 Å². The summed E-state index contributed by atoms with van der Waals surface area (Å²) in [7, 11) is 1.57. The number of anilines is 1. The molecule has 0 atom stereocenters. The smallest absolute Gasteiger partial charge is 0.417 e. The molecule has 174 valence electrons. The van der Waals surface area contributed by atoms with E-state index in [9.17, 15) is 13.2 Å². The van der Waals surface area contributed by atoms with Crippen molar-refractivity contribution in [1.29, 1.82) is 0 Å². The van der Waals surface area contributed by atoms with Gasteiger partial charge in [-0.25, -0.2) is 9.97 Å². The lowest BCUT2D eigenvalue weighted by Crippen LogP contribution is -2.08. The van der Waals surface area contributed by atoms with E-state index in [0.717, 1.165) is 29.6 Å². The molecule has 1 aromatic carbocycles. The first-order valence-electron chi connectivity index (χ1n) is 10.3. The number of nitrogen functional groups attached to an aromatic ring is 1. The summed E-state index contributed by atoms with van der Waals surface area (Å²) in [6.45, 7) is 2.00. The average molecular weight is 466 g/mol. The van der Waals surface area contributed by atoms with E-state index in [-0.39, 0.29) is 29.6 Å². The van der Waals surface area contributed by atoms with E-state index in [2.05, 4.69) is 15.0 Å². The second kappa shape index (κ2) is 9.38. The summed E-state index contributed by atoms with van der Waals surface area (Å²) in [5.74, 6) is 1.15. The Kier molecular flexibility index (Phi) is 6.36. The number of methoxy groups -OCH3 is 1. The lowest BCUT2D eigenvalue weighted by atomic mass is 9.99. The molecule has 3 aromatic heterocycles. The van der Waals surface area contributed by atoms with Crippen LogP contribution in [0.25, 0.3) is 22.4 Å². The zero-order valence-electron chi connectivity index (χ0n) is 18.4. The standard InChI is InChI=1S/C25H21F3N4O2/c1-15-12-31-23(29)11-19(15)17-9-22(20-13-30-8-7-21(20)25(26,27)28)32-24(10-17)34-14-16-3-5-18(33-2)6-4-16/h3-13H,14H2,1-2H3,(H2,29,31). The third-order valence-corrected chi connectivity index (χ3v) is 5.19. The number of ether oxygens (including phenoxy) is 2. The monoisotopic (exact) mass is 466 g/mol. The van der Waals surface area contributed by atoms with Gasteiger partial charge in [0, 0.05) is 30.2 Å². The van der Waals surface area contributed by atoms with Gasteiger partial charge < -0.3 is 15.2 Å². The van der Waals surface area contributed by atoms with Gasteiger partial charge in [-0.15, -0.1) is 0 Å². The van der Waals surface area contributed by atoms with Crippen molar-refractivity contribution in [2.24, 2.45) is 0 Å². The van der Waals surface area contributed by atoms with Gasteiger partial charge in [0.05, 0.1) is 18.4 Å². The Labute approximate surface area is 194 Å². The Morgan fingerprint density at radius 3 is 2.44 bits per heavy atom. The zero-order chi connectivity index (χ0) is 24.3. The van der Waals surface area contributed by atoms with Gasteiger partial charge in [-0.2, -0.15) is 13.2 Å². The van der Waals surface area contributed by atoms with Crippen LogP contribution >= 0.6 is 0 Å². The molecule has 4 aromatic rings. The summed E-state index contributed by atoms with van der Waals surface area (Å²) in [5, 5.41) is 0. The van der Waals surface area contributed by atoms with Crippen LogP contribution in [0.5, 0.6) is 11.6 Å². The SMILES string of the molecule is COc1ccc(COc2cc(-c3cc(N)ncc3C)cc(-c3cnccc3C(F)(F)F)n2)cc1. The Bertz CT molecular complexity index is 1310. The van der Waals surface area contributed by atoms with Crippen molar-refractivity contribution in [3.8, 4) is 34.0 Å². The predicted molar refractivity (Wildman–Crippen MR) is 122 cm³/mol. The molecule has 0 amide bonds. The third-order valence-electron chi connectivity index (χ3n) is 5.19. The van der Waals surface area contributed by atoms with Crippen molar-refractivity contribution in [1.82, 2.24) is 15.0 Å². The van der Waals surface area contributed by atoms with E-state index in [1.807, 2.05) is 19.1 Å². The number of alkyl halides is 3. The molecule has 3 heterocycles. The summed E-state index contributed by atoms with van der Waals surface area (Å²) < 4.78 is 52.1. The van der Waals surface area contributed by atoms with Gasteiger partial charge in [0.2, 0.25) is 5.88 Å². The molecule has 0 unspecified atom stereocenters. The van der Waals surface area contributed by atoms with Crippen molar-refractivity contribution in [2.75, 3.05) is 12.8 Å². The van der Waals surface area contributed by atoms with Crippen molar-refractivity contribution in [3.63, 3.8) is 0 Å². The predicted octanol–water partition coefficient (Wildman–Crippen LogP) is 5.70. The molecule has 2 N–H and O–H groups in total. The normalized spacial score (nSPS) is 11.3. The summed E-state index contributed by atoms with van der Waals surface area (Å²) in [6, 6.07) is 13.1. The van der Waals surface area contributed by atoms with Gasteiger partial charge >= 0.3 is 6.18 Å². The molecule has 0 radical (unpaired) electrons. The number of aromatic nitrogens is 3. The maximum atomic E-state index is 13.7. The highest BCUT2D eigenvalue weighted by atomic mass is 19.4. The van der Waals surface area contributed by atoms with Gasteiger partial charge in [-0.05, 0) is 59.5 Å². The minimum Gasteiger partial charge on any atom is -0.497 e. The van der Waals surface area contributed by atoms with Crippen LogP contribution in [0, 0.1) is 6.92 Å². The highest BCUT2D eigenvalue weighted by Crippen LogP contribution is 2.38. The van der Waals surface area contributed by atoms with Gasteiger partial charge in [-0.1, -0.05) is 12.1 Å². The van der Waals surface area contributed by atoms with E-state index in [4.69, 9.17) is 15.2 Å². The molecule has 0 aliphatic heterocycles. The topological polar surface area (TPSA) is 83.2 Å². The quantitative estimate of drug-likeness (QED) is 0.392. The van der Waals surface area contributed by atoms with E-state index in [1.54, 1.807) is 43.6 Å². The van der Waals surface area contributed by atoms with Crippen LogP contribution < -0.4 is 15.2 Å². The Hall–Kier alpha value is -4.14. The molecule has 0 aliphatic rings. The third kappa shape index (κ3) is 5.09. The minimum atomic E-state index is -4.57. The van der Waals surface area contributed by atoms with Crippen LogP contribution in [0.3, 0.4) is 0 Å². The first-order chi connectivity index (χ1) is 16.2. The van der Waals surface area contributed by atoms with Crippen molar-refractivity contribution in [2.45, 2.75) is 19.7 Å². The molecule has 4 rings (SSSR count).